The van der Waals surface area contributed by atoms with E-state index in [9.17, 15) is 21.6 Å². The van der Waals surface area contributed by atoms with Crippen molar-refractivity contribution in [2.24, 2.45) is 0 Å². The van der Waals surface area contributed by atoms with Gasteiger partial charge < -0.3 is 4.18 Å². The van der Waals surface area contributed by atoms with Gasteiger partial charge in [0.25, 0.3) is 0 Å². The fourth-order valence-electron chi connectivity index (χ4n) is 1.50. The molecule has 0 bridgehead atoms. The molecule has 0 radical (unpaired) electrons. The number of alkyl halides is 3. The normalized spacial score (nSPS) is 12.2. The first-order valence-electron chi connectivity index (χ1n) is 5.60. The first kappa shape index (κ1) is 15.2. The lowest BCUT2D eigenvalue weighted by molar-refractivity contribution is -0.0501. The summed E-state index contributed by atoms with van der Waals surface area (Å²) in [4.78, 5) is 7.64. The predicted molar refractivity (Wildman–Crippen MR) is 67.8 cm³/mol. The molecule has 0 N–H and O–H groups in total. The van der Waals surface area contributed by atoms with Crippen LogP contribution in [0.5, 0.6) is 5.88 Å². The highest BCUT2D eigenvalue weighted by Gasteiger charge is 2.49. The molecule has 0 unspecified atom stereocenters. The van der Waals surface area contributed by atoms with Gasteiger partial charge in [-0.3, -0.25) is 4.98 Å². The Bertz CT molecular complexity index is 760. The van der Waals surface area contributed by atoms with Gasteiger partial charge in [0.2, 0.25) is 5.88 Å². The minimum atomic E-state index is -5.78. The van der Waals surface area contributed by atoms with E-state index in [1.54, 1.807) is 19.1 Å². The molecule has 112 valence electrons. The number of aromatic nitrogens is 2. The average Bonchev–Trinajstić information content (AvgIpc) is 2.37. The lowest BCUT2D eigenvalue weighted by atomic mass is 10.2. The van der Waals surface area contributed by atoms with Crippen LogP contribution < -0.4 is 4.18 Å². The Morgan fingerprint density at radius 3 is 2.48 bits per heavy atom. The smallest absolute Gasteiger partial charge is 0.355 e. The van der Waals surface area contributed by atoms with Crippen molar-refractivity contribution in [3.63, 3.8) is 0 Å². The number of halogens is 3. The molecule has 2 aromatic heterocycles. The number of aryl methyl sites for hydroxylation is 1. The summed E-state index contributed by atoms with van der Waals surface area (Å²) in [6.45, 7) is 1.69. The Balaban J connectivity index is 2.48. The maximum absolute atomic E-state index is 12.4. The van der Waals surface area contributed by atoms with Crippen molar-refractivity contribution in [3.8, 4) is 17.1 Å². The van der Waals surface area contributed by atoms with Crippen molar-refractivity contribution in [3.05, 3.63) is 42.2 Å². The monoisotopic (exact) mass is 318 g/mol. The Labute approximate surface area is 118 Å². The summed E-state index contributed by atoms with van der Waals surface area (Å²) in [7, 11) is -5.78. The summed E-state index contributed by atoms with van der Waals surface area (Å²) in [5.74, 6) is -0.673. The number of hydrogen-bond donors (Lipinski definition) is 0. The van der Waals surface area contributed by atoms with Gasteiger partial charge >= 0.3 is 15.6 Å². The zero-order chi connectivity index (χ0) is 15.7. The van der Waals surface area contributed by atoms with Crippen LogP contribution >= 0.6 is 0 Å². The summed E-state index contributed by atoms with van der Waals surface area (Å²) < 4.78 is 63.3. The Morgan fingerprint density at radius 2 is 1.86 bits per heavy atom. The molecule has 2 rings (SSSR count). The molecule has 0 aromatic carbocycles. The van der Waals surface area contributed by atoms with E-state index in [1.165, 1.54) is 18.2 Å². The molecular weight excluding hydrogens is 309 g/mol. The number of nitrogens with zero attached hydrogens (tertiary/aromatic N) is 2. The van der Waals surface area contributed by atoms with Crippen LogP contribution in [0.25, 0.3) is 11.3 Å². The molecule has 0 fully saturated rings. The Hall–Kier alpha value is -2.16. The molecule has 0 saturated heterocycles. The fraction of sp³-hybridized carbons (Fsp3) is 0.167. The number of pyridine rings is 2. The Kier molecular flexibility index (Phi) is 3.86. The van der Waals surface area contributed by atoms with Crippen molar-refractivity contribution >= 4 is 10.1 Å². The topological polar surface area (TPSA) is 69.2 Å². The second-order valence-electron chi connectivity index (χ2n) is 4.00. The molecular formula is C12H9F3N2O3S. The van der Waals surface area contributed by atoms with E-state index in [2.05, 4.69) is 14.2 Å². The van der Waals surface area contributed by atoms with Crippen LogP contribution in [-0.2, 0) is 10.1 Å². The average molecular weight is 318 g/mol. The maximum Gasteiger partial charge on any atom is 0.534 e. The number of hydrogen-bond acceptors (Lipinski definition) is 5. The maximum atomic E-state index is 12.4. The largest absolute Gasteiger partial charge is 0.534 e. The molecule has 0 spiro atoms. The first-order valence-corrected chi connectivity index (χ1v) is 7.01. The standard InChI is InChI=1S/C12H9F3N2O3S/c1-8-4-2-6-10(17-8)9-5-3-7-16-11(9)20-21(18,19)12(13,14)15/h2-7H,1H3. The third-order valence-corrected chi connectivity index (χ3v) is 3.35. The highest BCUT2D eigenvalue weighted by molar-refractivity contribution is 7.88. The van der Waals surface area contributed by atoms with Gasteiger partial charge in [-0.25, -0.2) is 4.98 Å². The van der Waals surface area contributed by atoms with Crippen LogP contribution in [0.2, 0.25) is 0 Å². The highest BCUT2D eigenvalue weighted by Crippen LogP contribution is 2.31. The van der Waals surface area contributed by atoms with Crippen molar-refractivity contribution < 1.29 is 25.8 Å². The van der Waals surface area contributed by atoms with Crippen molar-refractivity contribution in [2.45, 2.75) is 12.4 Å². The molecule has 21 heavy (non-hydrogen) atoms. The fourth-order valence-corrected chi connectivity index (χ4v) is 1.93. The zero-order valence-electron chi connectivity index (χ0n) is 10.6. The molecule has 0 aliphatic heterocycles. The summed E-state index contributed by atoms with van der Waals surface area (Å²) in [5.41, 5.74) is -4.60. The molecule has 0 amide bonds. The van der Waals surface area contributed by atoms with E-state index in [0.717, 1.165) is 6.20 Å². The van der Waals surface area contributed by atoms with Gasteiger partial charge in [-0.05, 0) is 31.2 Å². The van der Waals surface area contributed by atoms with Crippen LogP contribution in [0.3, 0.4) is 0 Å². The van der Waals surface area contributed by atoms with Gasteiger partial charge in [-0.1, -0.05) is 6.07 Å². The van der Waals surface area contributed by atoms with E-state index in [0.29, 0.717) is 5.69 Å². The Morgan fingerprint density at radius 1 is 1.14 bits per heavy atom. The van der Waals surface area contributed by atoms with Gasteiger partial charge in [0.05, 0.1) is 11.3 Å². The van der Waals surface area contributed by atoms with Crippen molar-refractivity contribution in [1.29, 1.82) is 0 Å². The zero-order valence-corrected chi connectivity index (χ0v) is 11.4. The van der Waals surface area contributed by atoms with Gasteiger partial charge in [-0.15, -0.1) is 0 Å². The minimum Gasteiger partial charge on any atom is -0.355 e. The van der Waals surface area contributed by atoms with Gasteiger partial charge in [-0.2, -0.15) is 21.6 Å². The van der Waals surface area contributed by atoms with E-state index >= 15 is 0 Å². The SMILES string of the molecule is Cc1cccc(-c2cccnc2OS(=O)(=O)C(F)(F)F)n1. The molecule has 0 aliphatic rings. The molecule has 9 heteroatoms. The van der Waals surface area contributed by atoms with Crippen molar-refractivity contribution in [2.75, 3.05) is 0 Å². The van der Waals surface area contributed by atoms with E-state index < -0.39 is 21.5 Å². The van der Waals surface area contributed by atoms with E-state index in [1.807, 2.05) is 0 Å². The second-order valence-corrected chi connectivity index (χ2v) is 5.54. The summed E-state index contributed by atoms with van der Waals surface area (Å²) in [6.07, 6.45) is 1.13. The predicted octanol–water partition coefficient (Wildman–Crippen LogP) is 2.68. The highest BCUT2D eigenvalue weighted by atomic mass is 32.2. The van der Waals surface area contributed by atoms with Gasteiger partial charge in [0.1, 0.15) is 0 Å². The van der Waals surface area contributed by atoms with Crippen LogP contribution in [0.4, 0.5) is 13.2 Å². The molecule has 0 aliphatic carbocycles. The van der Waals surface area contributed by atoms with E-state index in [-0.39, 0.29) is 11.3 Å². The molecule has 2 heterocycles. The molecule has 0 saturated carbocycles. The van der Waals surface area contributed by atoms with Crippen LogP contribution in [0, 0.1) is 6.92 Å². The van der Waals surface area contributed by atoms with Crippen LogP contribution in [0.1, 0.15) is 5.69 Å². The van der Waals surface area contributed by atoms with Crippen molar-refractivity contribution in [1.82, 2.24) is 9.97 Å². The third kappa shape index (κ3) is 3.30. The quantitative estimate of drug-likeness (QED) is 0.643. The summed E-state index contributed by atoms with van der Waals surface area (Å²) >= 11 is 0. The molecule has 2 aromatic rings. The third-order valence-electron chi connectivity index (χ3n) is 2.41. The first-order chi connectivity index (χ1) is 9.71. The summed E-state index contributed by atoms with van der Waals surface area (Å²) in [6, 6.07) is 7.64. The summed E-state index contributed by atoms with van der Waals surface area (Å²) in [5, 5.41) is 0. The molecule has 5 nitrogen and oxygen atoms in total. The van der Waals surface area contributed by atoms with Gasteiger partial charge in [0, 0.05) is 11.9 Å². The second kappa shape index (κ2) is 5.32. The lowest BCUT2D eigenvalue weighted by Gasteiger charge is -2.11. The van der Waals surface area contributed by atoms with E-state index in [4.69, 9.17) is 0 Å². The number of rotatable bonds is 3. The van der Waals surface area contributed by atoms with Gasteiger partial charge in [0.15, 0.2) is 0 Å². The molecule has 0 atom stereocenters. The lowest BCUT2D eigenvalue weighted by Crippen LogP contribution is -2.28. The minimum absolute atomic E-state index is 0.0500. The van der Waals surface area contributed by atoms with Crippen LogP contribution in [0.15, 0.2) is 36.5 Å². The van der Waals surface area contributed by atoms with Crippen LogP contribution in [-0.4, -0.2) is 23.9 Å².